The van der Waals surface area contributed by atoms with Gasteiger partial charge in [0.1, 0.15) is 5.82 Å². The zero-order valence-electron chi connectivity index (χ0n) is 11.2. The van der Waals surface area contributed by atoms with Crippen molar-refractivity contribution in [1.82, 2.24) is 9.78 Å². The summed E-state index contributed by atoms with van der Waals surface area (Å²) in [6, 6.07) is 4.63. The lowest BCUT2D eigenvalue weighted by atomic mass is 10.1. The van der Waals surface area contributed by atoms with Crippen molar-refractivity contribution >= 4 is 27.5 Å². The highest BCUT2D eigenvalue weighted by molar-refractivity contribution is 9.10. The Morgan fingerprint density at radius 3 is 2.95 bits per heavy atom. The molecule has 106 valence electrons. The van der Waals surface area contributed by atoms with Crippen molar-refractivity contribution in [3.8, 4) is 0 Å². The van der Waals surface area contributed by atoms with Gasteiger partial charge in [-0.15, -0.1) is 0 Å². The average molecular weight is 340 g/mol. The number of carbonyl (C=O) groups excluding carboxylic acids is 1. The van der Waals surface area contributed by atoms with Crippen LogP contribution in [0.4, 0.5) is 10.1 Å². The Bertz CT molecular complexity index is 627. The minimum absolute atomic E-state index is 0.212. The molecule has 4 nitrogen and oxygen atoms in total. The van der Waals surface area contributed by atoms with Crippen LogP contribution in [0.1, 0.15) is 12.5 Å². The van der Waals surface area contributed by atoms with Crippen molar-refractivity contribution in [2.45, 2.75) is 20.4 Å². The maximum atomic E-state index is 13.6. The van der Waals surface area contributed by atoms with Gasteiger partial charge in [-0.1, -0.05) is 13.0 Å². The Kier molecular flexibility index (Phi) is 4.54. The smallest absolute Gasteiger partial charge is 0.229 e. The van der Waals surface area contributed by atoms with E-state index in [1.807, 2.05) is 6.92 Å². The highest BCUT2D eigenvalue weighted by Crippen LogP contribution is 2.17. The number of anilines is 1. The number of nitrogens with one attached hydrogen (secondary N) is 1. The molecule has 0 saturated carbocycles. The predicted molar refractivity (Wildman–Crippen MR) is 78.9 cm³/mol. The van der Waals surface area contributed by atoms with Crippen LogP contribution in [0, 0.1) is 18.7 Å². The Hall–Kier alpha value is -1.69. The van der Waals surface area contributed by atoms with Crippen LogP contribution in [0.2, 0.25) is 0 Å². The Morgan fingerprint density at radius 1 is 1.55 bits per heavy atom. The third kappa shape index (κ3) is 3.66. The first-order chi connectivity index (χ1) is 9.45. The number of nitrogens with zero attached hydrogens (tertiary/aromatic N) is 2. The van der Waals surface area contributed by atoms with Gasteiger partial charge in [-0.3, -0.25) is 9.48 Å². The van der Waals surface area contributed by atoms with Gasteiger partial charge in [0, 0.05) is 6.20 Å². The second kappa shape index (κ2) is 6.17. The summed E-state index contributed by atoms with van der Waals surface area (Å²) in [4.78, 5) is 12.1. The molecule has 1 aromatic heterocycles. The van der Waals surface area contributed by atoms with Gasteiger partial charge < -0.3 is 5.32 Å². The number of aromatic nitrogens is 2. The average Bonchev–Trinajstić information content (AvgIpc) is 2.79. The second-order valence-electron chi connectivity index (χ2n) is 4.75. The molecule has 0 radical (unpaired) electrons. The van der Waals surface area contributed by atoms with E-state index in [-0.39, 0.29) is 17.5 Å². The van der Waals surface area contributed by atoms with E-state index in [1.165, 1.54) is 6.07 Å². The molecule has 20 heavy (non-hydrogen) atoms. The predicted octanol–water partition coefficient (Wildman–Crippen LogP) is 3.37. The molecule has 0 saturated heterocycles. The fourth-order valence-electron chi connectivity index (χ4n) is 1.79. The monoisotopic (exact) mass is 339 g/mol. The number of rotatable bonds is 4. The Balaban J connectivity index is 2.02. The van der Waals surface area contributed by atoms with Crippen LogP contribution in [-0.4, -0.2) is 15.7 Å². The van der Waals surface area contributed by atoms with E-state index in [0.29, 0.717) is 6.54 Å². The van der Waals surface area contributed by atoms with E-state index in [2.05, 4.69) is 26.3 Å². The van der Waals surface area contributed by atoms with Gasteiger partial charge in [-0.05, 0) is 40.5 Å². The van der Waals surface area contributed by atoms with Crippen LogP contribution in [0.25, 0.3) is 0 Å². The molecule has 1 amide bonds. The first-order valence-electron chi connectivity index (χ1n) is 6.20. The lowest BCUT2D eigenvalue weighted by Gasteiger charge is -2.13. The van der Waals surface area contributed by atoms with E-state index < -0.39 is 5.82 Å². The van der Waals surface area contributed by atoms with Gasteiger partial charge in [-0.2, -0.15) is 5.10 Å². The highest BCUT2D eigenvalue weighted by Gasteiger charge is 2.16. The van der Waals surface area contributed by atoms with E-state index in [1.54, 1.807) is 36.1 Å². The molecule has 6 heteroatoms. The summed E-state index contributed by atoms with van der Waals surface area (Å²) in [5, 5.41) is 6.70. The fourth-order valence-corrected chi connectivity index (χ4v) is 2.12. The van der Waals surface area contributed by atoms with Crippen molar-refractivity contribution in [2.75, 3.05) is 5.32 Å². The van der Waals surface area contributed by atoms with Crippen LogP contribution < -0.4 is 5.32 Å². The third-order valence-electron chi connectivity index (χ3n) is 2.89. The topological polar surface area (TPSA) is 46.9 Å². The Labute approximate surface area is 125 Å². The zero-order valence-corrected chi connectivity index (χ0v) is 12.8. The number of carbonyl (C=O) groups is 1. The van der Waals surface area contributed by atoms with Crippen molar-refractivity contribution < 1.29 is 9.18 Å². The molecule has 0 spiro atoms. The molecule has 2 rings (SSSR count). The maximum Gasteiger partial charge on any atom is 0.229 e. The largest absolute Gasteiger partial charge is 0.323 e. The van der Waals surface area contributed by atoms with Crippen LogP contribution in [0.5, 0.6) is 0 Å². The number of benzene rings is 1. The molecular weight excluding hydrogens is 325 g/mol. The third-order valence-corrected chi connectivity index (χ3v) is 3.30. The quantitative estimate of drug-likeness (QED) is 0.928. The number of aryl methyl sites for hydroxylation is 1. The summed E-state index contributed by atoms with van der Waals surface area (Å²) in [5.41, 5.74) is 1.11. The number of halogens is 2. The standard InChI is InChI=1S/C14H15BrFN3O/c1-9-3-4-12(16)13(5-9)18-14(20)10(2)7-19-8-11(15)6-17-19/h3-6,8,10H,7H2,1-2H3,(H,18,20). The summed E-state index contributed by atoms with van der Waals surface area (Å²) in [7, 11) is 0. The maximum absolute atomic E-state index is 13.6. The van der Waals surface area contributed by atoms with E-state index in [9.17, 15) is 9.18 Å². The summed E-state index contributed by atoms with van der Waals surface area (Å²) < 4.78 is 16.1. The van der Waals surface area contributed by atoms with Crippen molar-refractivity contribution in [1.29, 1.82) is 0 Å². The normalized spacial score (nSPS) is 12.2. The first kappa shape index (κ1) is 14.7. The van der Waals surface area contributed by atoms with Gasteiger partial charge in [0.05, 0.1) is 28.8 Å². The van der Waals surface area contributed by atoms with Crippen molar-refractivity contribution in [2.24, 2.45) is 5.92 Å². The summed E-state index contributed by atoms with van der Waals surface area (Å²) in [6.45, 7) is 4.06. The zero-order chi connectivity index (χ0) is 14.7. The summed E-state index contributed by atoms with van der Waals surface area (Å²) >= 11 is 3.30. The molecule has 1 N–H and O–H groups in total. The number of amides is 1. The molecule has 2 aromatic rings. The minimum atomic E-state index is -0.432. The minimum Gasteiger partial charge on any atom is -0.323 e. The molecule has 0 aliphatic carbocycles. The Morgan fingerprint density at radius 2 is 2.30 bits per heavy atom. The van der Waals surface area contributed by atoms with Gasteiger partial charge in [0.15, 0.2) is 0 Å². The lowest BCUT2D eigenvalue weighted by Crippen LogP contribution is -2.25. The summed E-state index contributed by atoms with van der Waals surface area (Å²) in [6.07, 6.45) is 3.45. The molecular formula is C14H15BrFN3O. The molecule has 0 aliphatic heterocycles. The first-order valence-corrected chi connectivity index (χ1v) is 7.00. The number of hydrogen-bond donors (Lipinski definition) is 1. The molecule has 1 aromatic carbocycles. The van der Waals surface area contributed by atoms with E-state index >= 15 is 0 Å². The molecule has 1 atom stereocenters. The van der Waals surface area contributed by atoms with Gasteiger partial charge in [-0.25, -0.2) is 4.39 Å². The van der Waals surface area contributed by atoms with Crippen molar-refractivity contribution in [3.63, 3.8) is 0 Å². The molecule has 0 aliphatic rings. The fraction of sp³-hybridized carbons (Fsp3) is 0.286. The van der Waals surface area contributed by atoms with Crippen LogP contribution in [0.3, 0.4) is 0 Å². The van der Waals surface area contributed by atoms with Gasteiger partial charge >= 0.3 is 0 Å². The van der Waals surface area contributed by atoms with Gasteiger partial charge in [0.2, 0.25) is 5.91 Å². The number of hydrogen-bond acceptors (Lipinski definition) is 2. The van der Waals surface area contributed by atoms with Crippen LogP contribution >= 0.6 is 15.9 Å². The molecule has 1 unspecified atom stereocenters. The highest BCUT2D eigenvalue weighted by atomic mass is 79.9. The van der Waals surface area contributed by atoms with E-state index in [0.717, 1.165) is 10.0 Å². The molecule has 1 heterocycles. The van der Waals surface area contributed by atoms with Gasteiger partial charge in [0.25, 0.3) is 0 Å². The second-order valence-corrected chi connectivity index (χ2v) is 5.67. The van der Waals surface area contributed by atoms with Crippen LogP contribution in [0.15, 0.2) is 35.1 Å². The SMILES string of the molecule is Cc1ccc(F)c(NC(=O)C(C)Cn2cc(Br)cn2)c1. The van der Waals surface area contributed by atoms with Crippen molar-refractivity contribution in [3.05, 3.63) is 46.4 Å². The summed E-state index contributed by atoms with van der Waals surface area (Å²) in [5.74, 6) is -0.985. The molecule has 0 bridgehead atoms. The van der Waals surface area contributed by atoms with E-state index in [4.69, 9.17) is 0 Å². The molecule has 0 fully saturated rings. The lowest BCUT2D eigenvalue weighted by molar-refractivity contribution is -0.119. The van der Waals surface area contributed by atoms with Crippen LogP contribution in [-0.2, 0) is 11.3 Å².